The molecule has 7 atom stereocenters. The Morgan fingerprint density at radius 3 is 2.59 bits per heavy atom. The monoisotopic (exact) mass is 372 g/mol. The number of esters is 1. The molecule has 2 saturated carbocycles. The fraction of sp³-hybridized carbons (Fsp3) is 0.783. The van der Waals surface area contributed by atoms with Gasteiger partial charge in [0.15, 0.2) is 0 Å². The van der Waals surface area contributed by atoms with Gasteiger partial charge in [-0.05, 0) is 54.6 Å². The van der Waals surface area contributed by atoms with Gasteiger partial charge < -0.3 is 14.2 Å². The number of epoxide rings is 2. The number of fused-ring (bicyclic) bond motifs is 2. The van der Waals surface area contributed by atoms with E-state index in [0.29, 0.717) is 24.4 Å². The first-order chi connectivity index (χ1) is 12.9. The fourth-order valence-electron chi connectivity index (χ4n) is 7.26. The Morgan fingerprint density at radius 1 is 1.15 bits per heavy atom. The second-order valence-electron chi connectivity index (χ2n) is 9.58. The summed E-state index contributed by atoms with van der Waals surface area (Å²) >= 11 is 0. The first-order valence-corrected chi connectivity index (χ1v) is 10.8. The third kappa shape index (κ3) is 1.76. The number of carbonyl (C=O) groups is 1. The van der Waals surface area contributed by atoms with Crippen molar-refractivity contribution in [2.24, 2.45) is 23.2 Å². The lowest BCUT2D eigenvalue weighted by Crippen LogP contribution is -2.62. The van der Waals surface area contributed by atoms with Crippen molar-refractivity contribution in [2.75, 3.05) is 6.61 Å². The molecule has 4 fully saturated rings. The molecular formula is C23H32O4. The van der Waals surface area contributed by atoms with Crippen molar-refractivity contribution in [3.05, 3.63) is 23.3 Å². The molecule has 0 N–H and O–H groups in total. The second-order valence-corrected chi connectivity index (χ2v) is 9.58. The molecule has 0 amide bonds. The molecule has 148 valence electrons. The molecule has 7 unspecified atom stereocenters. The van der Waals surface area contributed by atoms with E-state index in [2.05, 4.69) is 27.4 Å². The Balaban J connectivity index is 0.000000777. The van der Waals surface area contributed by atoms with Crippen LogP contribution in [0.1, 0.15) is 60.3 Å². The summed E-state index contributed by atoms with van der Waals surface area (Å²) in [6.07, 6.45) is 4.33. The van der Waals surface area contributed by atoms with Gasteiger partial charge in [0.1, 0.15) is 17.8 Å². The standard InChI is InChI=1S/C21H26O4.C2H6/c1-10(2)13-7-17-21(25-17)19(4)6-5-12-14(9-23-18(12)22)15(19)8-16-20(21,24-16)11(13)3;1-2/h10,13,15-17H,3,5-9H2,1-2,4H3;1-2H3. The normalized spacial score (nSPS) is 51.2. The summed E-state index contributed by atoms with van der Waals surface area (Å²) in [4.78, 5) is 12.1. The van der Waals surface area contributed by atoms with E-state index >= 15 is 0 Å². The summed E-state index contributed by atoms with van der Waals surface area (Å²) in [5, 5.41) is 0. The summed E-state index contributed by atoms with van der Waals surface area (Å²) in [6, 6.07) is 0. The van der Waals surface area contributed by atoms with Crippen LogP contribution in [0.5, 0.6) is 0 Å². The van der Waals surface area contributed by atoms with Crippen molar-refractivity contribution >= 4 is 5.97 Å². The van der Waals surface area contributed by atoms with Crippen LogP contribution in [-0.2, 0) is 19.0 Å². The summed E-state index contributed by atoms with van der Waals surface area (Å²) in [7, 11) is 0. The molecule has 0 radical (unpaired) electrons. The van der Waals surface area contributed by atoms with Gasteiger partial charge in [0.05, 0.1) is 12.2 Å². The predicted octanol–water partition coefficient (Wildman–Crippen LogP) is 4.19. The van der Waals surface area contributed by atoms with Crippen LogP contribution in [0.2, 0.25) is 0 Å². The zero-order valence-corrected chi connectivity index (χ0v) is 17.3. The van der Waals surface area contributed by atoms with Crippen LogP contribution in [-0.4, -0.2) is 36.0 Å². The Labute approximate surface area is 162 Å². The number of hydrogen-bond acceptors (Lipinski definition) is 4. The number of carbonyl (C=O) groups excluding carboxylic acids is 1. The van der Waals surface area contributed by atoms with E-state index in [1.807, 2.05) is 13.8 Å². The highest BCUT2D eigenvalue weighted by Crippen LogP contribution is 2.80. The van der Waals surface area contributed by atoms with Gasteiger partial charge in [-0.25, -0.2) is 4.79 Å². The Morgan fingerprint density at radius 2 is 1.89 bits per heavy atom. The summed E-state index contributed by atoms with van der Waals surface area (Å²) in [5.41, 5.74) is 2.99. The van der Waals surface area contributed by atoms with Crippen molar-refractivity contribution in [3.63, 3.8) is 0 Å². The Kier molecular flexibility index (Phi) is 3.50. The number of hydrogen-bond donors (Lipinski definition) is 0. The lowest BCUT2D eigenvalue weighted by Gasteiger charge is -2.53. The minimum atomic E-state index is -0.266. The number of ether oxygens (including phenoxy) is 3. The first-order valence-electron chi connectivity index (χ1n) is 10.8. The highest BCUT2D eigenvalue weighted by molar-refractivity contribution is 5.92. The van der Waals surface area contributed by atoms with E-state index in [1.54, 1.807) is 0 Å². The van der Waals surface area contributed by atoms with Crippen LogP contribution in [0.3, 0.4) is 0 Å². The fourth-order valence-corrected chi connectivity index (χ4v) is 7.26. The molecule has 3 aliphatic carbocycles. The average Bonchev–Trinajstić information content (AvgIpc) is 3.52. The molecule has 3 aliphatic heterocycles. The van der Waals surface area contributed by atoms with E-state index in [-0.39, 0.29) is 34.8 Å². The van der Waals surface area contributed by atoms with E-state index in [4.69, 9.17) is 14.2 Å². The van der Waals surface area contributed by atoms with Crippen molar-refractivity contribution in [1.29, 1.82) is 0 Å². The van der Waals surface area contributed by atoms with E-state index in [1.165, 1.54) is 11.1 Å². The van der Waals surface area contributed by atoms with E-state index in [9.17, 15) is 4.79 Å². The van der Waals surface area contributed by atoms with Crippen LogP contribution in [0.25, 0.3) is 0 Å². The maximum Gasteiger partial charge on any atom is 0.334 e. The molecule has 0 aromatic heterocycles. The molecule has 3 heterocycles. The molecule has 6 rings (SSSR count). The summed E-state index contributed by atoms with van der Waals surface area (Å²) in [6.45, 7) is 16.0. The van der Waals surface area contributed by atoms with Gasteiger partial charge in [-0.2, -0.15) is 0 Å². The third-order valence-corrected chi connectivity index (χ3v) is 8.57. The van der Waals surface area contributed by atoms with Crippen molar-refractivity contribution in [1.82, 2.24) is 0 Å². The third-order valence-electron chi connectivity index (χ3n) is 8.57. The lowest BCUT2D eigenvalue weighted by atomic mass is 9.46. The van der Waals surface area contributed by atoms with Crippen molar-refractivity contribution in [2.45, 2.75) is 83.7 Å². The minimum absolute atomic E-state index is 0.0162. The minimum Gasteiger partial charge on any atom is -0.458 e. The quantitative estimate of drug-likeness (QED) is 0.393. The topological polar surface area (TPSA) is 51.4 Å². The van der Waals surface area contributed by atoms with Crippen LogP contribution in [0, 0.1) is 23.2 Å². The van der Waals surface area contributed by atoms with Gasteiger partial charge in [-0.1, -0.05) is 41.2 Å². The first kappa shape index (κ1) is 17.9. The van der Waals surface area contributed by atoms with Gasteiger partial charge in [0, 0.05) is 11.0 Å². The van der Waals surface area contributed by atoms with E-state index < -0.39 is 0 Å². The predicted molar refractivity (Wildman–Crippen MR) is 102 cm³/mol. The highest BCUT2D eigenvalue weighted by Gasteiger charge is 2.91. The zero-order chi connectivity index (χ0) is 19.4. The molecule has 4 nitrogen and oxygen atoms in total. The molecule has 0 aromatic carbocycles. The van der Waals surface area contributed by atoms with Crippen molar-refractivity contribution < 1.29 is 19.0 Å². The number of cyclic esters (lactones) is 1. The zero-order valence-electron chi connectivity index (χ0n) is 17.3. The average molecular weight is 373 g/mol. The van der Waals surface area contributed by atoms with Gasteiger partial charge >= 0.3 is 5.97 Å². The van der Waals surface area contributed by atoms with Gasteiger partial charge in [-0.15, -0.1) is 0 Å². The molecule has 0 aromatic rings. The Bertz CT molecular complexity index is 766. The number of rotatable bonds is 1. The highest BCUT2D eigenvalue weighted by atomic mass is 16.7. The SMILES string of the molecule is C=C1C(C(C)C)CC2OC23C2(C)CCC4=C(COC4=O)C2CC2OC123.CC. The largest absolute Gasteiger partial charge is 0.458 e. The van der Waals surface area contributed by atoms with Crippen LogP contribution in [0.15, 0.2) is 23.3 Å². The second kappa shape index (κ2) is 5.27. The van der Waals surface area contributed by atoms with Crippen LogP contribution < -0.4 is 0 Å². The molecule has 4 heteroatoms. The van der Waals surface area contributed by atoms with Crippen LogP contribution in [0.4, 0.5) is 0 Å². The molecular weight excluding hydrogens is 340 g/mol. The molecule has 0 bridgehead atoms. The molecule has 27 heavy (non-hydrogen) atoms. The molecule has 6 aliphatic rings. The summed E-state index contributed by atoms with van der Waals surface area (Å²) < 4.78 is 18.4. The van der Waals surface area contributed by atoms with Crippen molar-refractivity contribution in [3.8, 4) is 0 Å². The maximum absolute atomic E-state index is 12.1. The van der Waals surface area contributed by atoms with Gasteiger partial charge in [0.25, 0.3) is 0 Å². The maximum atomic E-state index is 12.1. The lowest BCUT2D eigenvalue weighted by molar-refractivity contribution is -0.136. The smallest absolute Gasteiger partial charge is 0.334 e. The van der Waals surface area contributed by atoms with E-state index in [0.717, 1.165) is 31.3 Å². The molecule has 2 spiro atoms. The molecule has 2 saturated heterocycles. The van der Waals surface area contributed by atoms with Gasteiger partial charge in [0.2, 0.25) is 0 Å². The summed E-state index contributed by atoms with van der Waals surface area (Å²) in [5.74, 6) is 1.31. The van der Waals surface area contributed by atoms with Crippen LogP contribution >= 0.6 is 0 Å². The Hall–Kier alpha value is -1.13. The van der Waals surface area contributed by atoms with Gasteiger partial charge in [-0.3, -0.25) is 0 Å².